The summed E-state index contributed by atoms with van der Waals surface area (Å²) in [6.45, 7) is 0. The minimum absolute atomic E-state index is 0.156. The number of rotatable bonds is 7. The van der Waals surface area contributed by atoms with Crippen LogP contribution in [0.5, 0.6) is 0 Å². The molecule has 10 rings (SSSR count). The summed E-state index contributed by atoms with van der Waals surface area (Å²) >= 11 is 0. The molecule has 0 saturated carbocycles. The molecule has 0 radical (unpaired) electrons. The van der Waals surface area contributed by atoms with E-state index in [1.54, 1.807) is 0 Å². The summed E-state index contributed by atoms with van der Waals surface area (Å²) in [5, 5.41) is 0. The fraction of sp³-hybridized carbons (Fsp3) is 0. The van der Waals surface area contributed by atoms with E-state index in [4.69, 9.17) is 16.8 Å². The van der Waals surface area contributed by atoms with E-state index < -0.39 is 6.04 Å². The largest absolute Gasteiger partial charge is 0.299 e. The van der Waals surface area contributed by atoms with Crippen molar-refractivity contribution in [1.82, 2.24) is 18.9 Å². The first-order valence-corrected chi connectivity index (χ1v) is 17.8. The van der Waals surface area contributed by atoms with Crippen LogP contribution in [-0.4, -0.2) is 18.9 Å². The first-order valence-electron chi connectivity index (χ1n) is 20.3. The molecule has 0 saturated heterocycles. The normalized spacial score (nSPS) is 12.6. The smallest absolute Gasteiger partial charge is 0.145 e. The standard InChI is InChI=1S/C50H34N4/c1-4-14-35(15-5-1)41-32-42(36-23-25-39(26-24-36)49-48(38-16-6-2-7-17-38)52-47-22-12-13-31-53(47)49)34-43(33-41)37-27-29-44(30-28-37)54-46-21-11-10-20-45(46)51-50(54)40-18-8-3-9-19-40/h1-34H/i1D,4D,5D,14D,15D. The Balaban J connectivity index is 1.11. The van der Waals surface area contributed by atoms with Gasteiger partial charge in [0.25, 0.3) is 0 Å². The number of pyridine rings is 1. The molecule has 0 spiro atoms. The Kier molecular flexibility index (Phi) is 6.54. The van der Waals surface area contributed by atoms with E-state index in [1.165, 1.54) is 0 Å². The number of para-hydroxylation sites is 2. The molecule has 3 aromatic heterocycles. The molecule has 3 heterocycles. The molecule has 0 unspecified atom stereocenters. The van der Waals surface area contributed by atoms with Gasteiger partial charge in [-0.2, -0.15) is 0 Å². The third-order valence-corrected chi connectivity index (χ3v) is 9.84. The second kappa shape index (κ2) is 13.4. The van der Waals surface area contributed by atoms with Crippen LogP contribution in [0.15, 0.2) is 206 Å². The molecule has 254 valence electrons. The van der Waals surface area contributed by atoms with Crippen molar-refractivity contribution in [3.63, 3.8) is 0 Å². The molecule has 10 aromatic rings. The van der Waals surface area contributed by atoms with Crippen LogP contribution in [0, 0.1) is 0 Å². The highest BCUT2D eigenvalue weighted by atomic mass is 15.1. The number of hydrogen-bond donors (Lipinski definition) is 0. The predicted molar refractivity (Wildman–Crippen MR) is 222 cm³/mol. The number of benzene rings is 7. The van der Waals surface area contributed by atoms with Gasteiger partial charge in [-0.05, 0) is 88.0 Å². The summed E-state index contributed by atoms with van der Waals surface area (Å²) in [6, 6.07) is 55.2. The topological polar surface area (TPSA) is 35.1 Å². The summed E-state index contributed by atoms with van der Waals surface area (Å²) in [5.74, 6) is 0.841. The van der Waals surface area contributed by atoms with Crippen LogP contribution in [-0.2, 0) is 0 Å². The van der Waals surface area contributed by atoms with Gasteiger partial charge in [0, 0.05) is 28.6 Å². The highest BCUT2D eigenvalue weighted by Crippen LogP contribution is 2.37. The quantitative estimate of drug-likeness (QED) is 0.166. The molecule has 0 atom stereocenters. The van der Waals surface area contributed by atoms with Gasteiger partial charge in [-0.15, -0.1) is 0 Å². The lowest BCUT2D eigenvalue weighted by molar-refractivity contribution is 1.10. The van der Waals surface area contributed by atoms with Gasteiger partial charge in [-0.1, -0.05) is 145 Å². The fourth-order valence-electron chi connectivity index (χ4n) is 7.26. The van der Waals surface area contributed by atoms with Gasteiger partial charge in [-0.3, -0.25) is 8.97 Å². The van der Waals surface area contributed by atoms with Crippen LogP contribution < -0.4 is 0 Å². The van der Waals surface area contributed by atoms with Crippen LogP contribution in [0.25, 0.3) is 89.7 Å². The number of hydrogen-bond acceptors (Lipinski definition) is 2. The minimum Gasteiger partial charge on any atom is -0.299 e. The lowest BCUT2D eigenvalue weighted by Crippen LogP contribution is -1.97. The second-order valence-corrected chi connectivity index (χ2v) is 13.2. The summed E-state index contributed by atoms with van der Waals surface area (Å²) < 4.78 is 47.2. The number of nitrogens with zero attached hydrogens (tertiary/aromatic N) is 4. The molecule has 0 aliphatic rings. The van der Waals surface area contributed by atoms with Crippen LogP contribution in [0.3, 0.4) is 0 Å². The van der Waals surface area contributed by atoms with E-state index in [9.17, 15) is 0 Å². The van der Waals surface area contributed by atoms with Gasteiger partial charge in [0.2, 0.25) is 0 Å². The first-order chi connectivity index (χ1) is 28.8. The first kappa shape index (κ1) is 26.5. The minimum atomic E-state index is -0.421. The van der Waals surface area contributed by atoms with Gasteiger partial charge < -0.3 is 0 Å². The van der Waals surface area contributed by atoms with Crippen molar-refractivity contribution in [2.75, 3.05) is 0 Å². The summed E-state index contributed by atoms with van der Waals surface area (Å²) in [5.41, 5.74) is 12.8. The Hall–Kier alpha value is -7.30. The lowest BCUT2D eigenvalue weighted by atomic mass is 9.92. The lowest BCUT2D eigenvalue weighted by Gasteiger charge is -2.14. The molecule has 0 N–H and O–H groups in total. The molecule has 0 aliphatic heterocycles. The highest BCUT2D eigenvalue weighted by molar-refractivity contribution is 5.86. The van der Waals surface area contributed by atoms with Crippen molar-refractivity contribution in [2.45, 2.75) is 0 Å². The maximum absolute atomic E-state index is 8.86. The van der Waals surface area contributed by atoms with E-state index in [0.29, 0.717) is 5.56 Å². The van der Waals surface area contributed by atoms with Crippen molar-refractivity contribution in [1.29, 1.82) is 0 Å². The maximum atomic E-state index is 8.86. The average molecular weight is 696 g/mol. The number of aromatic nitrogens is 4. The van der Waals surface area contributed by atoms with E-state index in [-0.39, 0.29) is 29.7 Å². The molecule has 0 amide bonds. The monoisotopic (exact) mass is 695 g/mol. The van der Waals surface area contributed by atoms with E-state index in [2.05, 4.69) is 93.9 Å². The Labute approximate surface area is 321 Å². The van der Waals surface area contributed by atoms with Crippen molar-refractivity contribution in [2.24, 2.45) is 0 Å². The van der Waals surface area contributed by atoms with E-state index >= 15 is 0 Å². The van der Waals surface area contributed by atoms with E-state index in [0.717, 1.165) is 78.5 Å². The van der Waals surface area contributed by atoms with Gasteiger partial charge >= 0.3 is 0 Å². The van der Waals surface area contributed by atoms with Crippen LogP contribution in [0.2, 0.25) is 0 Å². The van der Waals surface area contributed by atoms with Gasteiger partial charge in [0.1, 0.15) is 11.5 Å². The zero-order chi connectivity index (χ0) is 40.2. The van der Waals surface area contributed by atoms with E-state index in [1.807, 2.05) is 91.1 Å². The Bertz CT molecular complexity index is 2980. The molecule has 4 heteroatoms. The van der Waals surface area contributed by atoms with Gasteiger partial charge in [0.05, 0.1) is 29.3 Å². The third kappa shape index (κ3) is 5.67. The fourth-order valence-corrected chi connectivity index (χ4v) is 7.26. The third-order valence-electron chi connectivity index (χ3n) is 9.84. The van der Waals surface area contributed by atoms with Gasteiger partial charge in [0.15, 0.2) is 0 Å². The summed E-state index contributed by atoms with van der Waals surface area (Å²) in [6.07, 6.45) is 2.02. The predicted octanol–water partition coefficient (Wildman–Crippen LogP) is 12.7. The molecular formula is C50H34N4. The molecule has 7 aromatic carbocycles. The molecule has 0 bridgehead atoms. The van der Waals surface area contributed by atoms with Crippen molar-refractivity contribution >= 4 is 16.7 Å². The Morgan fingerprint density at radius 1 is 0.426 bits per heavy atom. The average Bonchev–Trinajstić information content (AvgIpc) is 3.88. The molecule has 0 aliphatic carbocycles. The zero-order valence-electron chi connectivity index (χ0n) is 34.0. The molecule has 4 nitrogen and oxygen atoms in total. The molecule has 54 heavy (non-hydrogen) atoms. The Morgan fingerprint density at radius 2 is 1.00 bits per heavy atom. The van der Waals surface area contributed by atoms with Crippen molar-refractivity contribution in [3.05, 3.63) is 206 Å². The Morgan fingerprint density at radius 3 is 1.70 bits per heavy atom. The summed E-state index contributed by atoms with van der Waals surface area (Å²) in [4.78, 5) is 10.0. The molecular weight excluding hydrogens is 657 g/mol. The molecule has 0 fully saturated rings. The van der Waals surface area contributed by atoms with Crippen LogP contribution in [0.1, 0.15) is 6.85 Å². The van der Waals surface area contributed by atoms with Crippen molar-refractivity contribution in [3.8, 4) is 73.0 Å². The second-order valence-electron chi connectivity index (χ2n) is 13.2. The van der Waals surface area contributed by atoms with Crippen molar-refractivity contribution < 1.29 is 6.85 Å². The number of imidazole rings is 2. The zero-order valence-corrected chi connectivity index (χ0v) is 29.0. The number of fused-ring (bicyclic) bond motifs is 2. The highest BCUT2D eigenvalue weighted by Gasteiger charge is 2.17. The summed E-state index contributed by atoms with van der Waals surface area (Å²) in [7, 11) is 0. The van der Waals surface area contributed by atoms with Crippen LogP contribution in [0.4, 0.5) is 0 Å². The van der Waals surface area contributed by atoms with Gasteiger partial charge in [-0.25, -0.2) is 9.97 Å². The maximum Gasteiger partial charge on any atom is 0.145 e. The van der Waals surface area contributed by atoms with Crippen LogP contribution >= 0.6 is 0 Å². The SMILES string of the molecule is [2H]c1c([2H])c([2H])c(-c2cc(-c3ccc(-c4c(-c5ccccc5)nc5ccccn45)cc3)cc(-c3ccc(-n4c(-c5ccccc5)nc5ccccc54)cc3)c2)c([2H])c1[2H].